The van der Waals surface area contributed by atoms with Crippen molar-refractivity contribution in [1.82, 2.24) is 10.2 Å². The summed E-state index contributed by atoms with van der Waals surface area (Å²) in [6.45, 7) is 19.1. The van der Waals surface area contributed by atoms with Gasteiger partial charge in [0.25, 0.3) is 0 Å². The van der Waals surface area contributed by atoms with E-state index >= 15 is 0 Å². The van der Waals surface area contributed by atoms with Crippen molar-refractivity contribution in [3.8, 4) is 0 Å². The fourth-order valence-electron chi connectivity index (χ4n) is 3.63. The number of nitrogens with one attached hydrogen (secondary N) is 1. The minimum Gasteiger partial charge on any atom is -0.314 e. The Morgan fingerprint density at radius 2 is 1.86 bits per heavy atom. The van der Waals surface area contributed by atoms with E-state index in [0.717, 1.165) is 37.4 Å². The first kappa shape index (κ1) is 18.4. The molecule has 0 heterocycles. The summed E-state index contributed by atoms with van der Waals surface area (Å²) in [4.78, 5) is 2.48. The SMILES string of the molecule is C=CCN(CC=C)CC1CC(C(C)C)CCC1NCCC. The van der Waals surface area contributed by atoms with E-state index in [9.17, 15) is 0 Å². The van der Waals surface area contributed by atoms with Crippen LogP contribution in [0.5, 0.6) is 0 Å². The van der Waals surface area contributed by atoms with E-state index in [1.807, 2.05) is 12.2 Å². The Bertz CT molecular complexity index is 288. The summed E-state index contributed by atoms with van der Waals surface area (Å²) >= 11 is 0. The van der Waals surface area contributed by atoms with Crippen molar-refractivity contribution in [2.45, 2.75) is 52.5 Å². The summed E-state index contributed by atoms with van der Waals surface area (Å²) in [5, 5.41) is 3.79. The molecule has 0 aromatic heterocycles. The van der Waals surface area contributed by atoms with Gasteiger partial charge in [-0.25, -0.2) is 0 Å². The summed E-state index contributed by atoms with van der Waals surface area (Å²) in [6.07, 6.45) is 9.34. The molecule has 0 amide bonds. The Hall–Kier alpha value is -0.600. The predicted octanol–water partition coefficient (Wildman–Crippen LogP) is 4.10. The first-order valence-electron chi connectivity index (χ1n) is 8.79. The van der Waals surface area contributed by atoms with E-state index in [1.54, 1.807) is 0 Å². The molecule has 0 aliphatic heterocycles. The second-order valence-corrected chi connectivity index (χ2v) is 6.93. The zero-order valence-electron chi connectivity index (χ0n) is 14.5. The van der Waals surface area contributed by atoms with Crippen LogP contribution in [0.25, 0.3) is 0 Å². The van der Waals surface area contributed by atoms with Crippen molar-refractivity contribution in [2.75, 3.05) is 26.2 Å². The van der Waals surface area contributed by atoms with Gasteiger partial charge in [-0.15, -0.1) is 13.2 Å². The van der Waals surface area contributed by atoms with E-state index < -0.39 is 0 Å². The predicted molar refractivity (Wildman–Crippen MR) is 94.6 cm³/mol. The molecule has 3 unspecified atom stereocenters. The molecule has 0 spiro atoms. The molecule has 1 fully saturated rings. The highest BCUT2D eigenvalue weighted by atomic mass is 15.1. The quantitative estimate of drug-likeness (QED) is 0.610. The lowest BCUT2D eigenvalue weighted by molar-refractivity contribution is 0.131. The molecule has 1 N–H and O–H groups in total. The summed E-state index contributed by atoms with van der Waals surface area (Å²) in [7, 11) is 0. The van der Waals surface area contributed by atoms with Crippen molar-refractivity contribution in [1.29, 1.82) is 0 Å². The van der Waals surface area contributed by atoms with Crippen LogP contribution >= 0.6 is 0 Å². The van der Waals surface area contributed by atoms with E-state index in [0.29, 0.717) is 6.04 Å². The lowest BCUT2D eigenvalue weighted by Crippen LogP contribution is -2.46. The van der Waals surface area contributed by atoms with Crippen LogP contribution in [-0.4, -0.2) is 37.1 Å². The maximum atomic E-state index is 3.90. The molecule has 1 rings (SSSR count). The van der Waals surface area contributed by atoms with Crippen LogP contribution in [0.2, 0.25) is 0 Å². The molecule has 3 atom stereocenters. The summed E-state index contributed by atoms with van der Waals surface area (Å²) < 4.78 is 0. The standard InChI is InChI=1S/C19H36N2/c1-6-11-20-19-10-9-17(16(4)5)14-18(19)15-21(12-7-2)13-8-3/h7-8,16-20H,2-3,6,9-15H2,1,4-5H3. The molecule has 21 heavy (non-hydrogen) atoms. The monoisotopic (exact) mass is 292 g/mol. The van der Waals surface area contributed by atoms with Crippen molar-refractivity contribution in [3.05, 3.63) is 25.3 Å². The fraction of sp³-hybridized carbons (Fsp3) is 0.789. The summed E-state index contributed by atoms with van der Waals surface area (Å²) in [6, 6.07) is 0.692. The normalized spacial score (nSPS) is 26.2. The van der Waals surface area contributed by atoms with Gasteiger partial charge < -0.3 is 5.32 Å². The van der Waals surface area contributed by atoms with Crippen LogP contribution < -0.4 is 5.32 Å². The molecule has 0 radical (unpaired) electrons. The van der Waals surface area contributed by atoms with Gasteiger partial charge in [0.1, 0.15) is 0 Å². The topological polar surface area (TPSA) is 15.3 Å². The highest BCUT2D eigenvalue weighted by Gasteiger charge is 2.32. The average Bonchev–Trinajstić information content (AvgIpc) is 2.46. The Kier molecular flexibility index (Phi) is 8.94. The van der Waals surface area contributed by atoms with Crippen molar-refractivity contribution >= 4 is 0 Å². The van der Waals surface area contributed by atoms with Crippen molar-refractivity contribution in [3.63, 3.8) is 0 Å². The zero-order valence-corrected chi connectivity index (χ0v) is 14.5. The minimum atomic E-state index is 0.692. The van der Waals surface area contributed by atoms with Crippen LogP contribution in [0.1, 0.15) is 46.5 Å². The Morgan fingerprint density at radius 3 is 2.38 bits per heavy atom. The van der Waals surface area contributed by atoms with E-state index in [2.05, 4.69) is 44.1 Å². The van der Waals surface area contributed by atoms with Gasteiger partial charge in [-0.3, -0.25) is 4.90 Å². The van der Waals surface area contributed by atoms with Gasteiger partial charge in [0.15, 0.2) is 0 Å². The molecule has 0 bridgehead atoms. The third-order valence-electron chi connectivity index (χ3n) is 4.89. The van der Waals surface area contributed by atoms with Gasteiger partial charge in [-0.2, -0.15) is 0 Å². The van der Waals surface area contributed by atoms with E-state index in [4.69, 9.17) is 0 Å². The molecule has 0 aromatic rings. The first-order valence-corrected chi connectivity index (χ1v) is 8.79. The average molecular weight is 293 g/mol. The number of hydrogen-bond acceptors (Lipinski definition) is 2. The van der Waals surface area contributed by atoms with Crippen LogP contribution in [0.15, 0.2) is 25.3 Å². The molecule has 1 aliphatic carbocycles. The van der Waals surface area contributed by atoms with Gasteiger partial charge in [-0.1, -0.05) is 32.9 Å². The van der Waals surface area contributed by atoms with Gasteiger partial charge in [0, 0.05) is 25.7 Å². The van der Waals surface area contributed by atoms with Crippen LogP contribution in [-0.2, 0) is 0 Å². The minimum absolute atomic E-state index is 0.692. The Labute approximate surface area is 132 Å². The Morgan fingerprint density at radius 1 is 1.19 bits per heavy atom. The highest BCUT2D eigenvalue weighted by Crippen LogP contribution is 2.34. The molecule has 122 valence electrons. The lowest BCUT2D eigenvalue weighted by atomic mass is 9.73. The molecular formula is C19H36N2. The zero-order chi connectivity index (χ0) is 15.7. The summed E-state index contributed by atoms with van der Waals surface area (Å²) in [5.74, 6) is 2.47. The molecule has 0 saturated heterocycles. The second kappa shape index (κ2) is 10.2. The fourth-order valence-corrected chi connectivity index (χ4v) is 3.63. The Balaban J connectivity index is 2.66. The molecule has 2 heteroatoms. The summed E-state index contributed by atoms with van der Waals surface area (Å²) in [5.41, 5.74) is 0. The van der Waals surface area contributed by atoms with E-state index in [1.165, 1.54) is 32.2 Å². The van der Waals surface area contributed by atoms with Gasteiger partial charge in [0.2, 0.25) is 0 Å². The molecular weight excluding hydrogens is 256 g/mol. The van der Waals surface area contributed by atoms with Crippen molar-refractivity contribution in [2.24, 2.45) is 17.8 Å². The maximum absolute atomic E-state index is 3.90. The van der Waals surface area contributed by atoms with Gasteiger partial charge >= 0.3 is 0 Å². The molecule has 2 nitrogen and oxygen atoms in total. The highest BCUT2D eigenvalue weighted by molar-refractivity contribution is 4.90. The van der Waals surface area contributed by atoms with Crippen LogP contribution in [0.3, 0.4) is 0 Å². The molecule has 0 aromatic carbocycles. The number of nitrogens with zero attached hydrogens (tertiary/aromatic N) is 1. The third kappa shape index (κ3) is 6.36. The first-order chi connectivity index (χ1) is 10.1. The second-order valence-electron chi connectivity index (χ2n) is 6.93. The van der Waals surface area contributed by atoms with Gasteiger partial charge in [0.05, 0.1) is 0 Å². The number of rotatable bonds is 10. The largest absolute Gasteiger partial charge is 0.314 e. The van der Waals surface area contributed by atoms with Crippen LogP contribution in [0.4, 0.5) is 0 Å². The van der Waals surface area contributed by atoms with Crippen LogP contribution in [0, 0.1) is 17.8 Å². The smallest absolute Gasteiger partial charge is 0.0164 e. The van der Waals surface area contributed by atoms with Gasteiger partial charge in [-0.05, 0) is 50.0 Å². The molecule has 1 aliphatic rings. The number of hydrogen-bond donors (Lipinski definition) is 1. The third-order valence-corrected chi connectivity index (χ3v) is 4.89. The lowest BCUT2D eigenvalue weighted by Gasteiger charge is -2.40. The van der Waals surface area contributed by atoms with Crippen molar-refractivity contribution < 1.29 is 0 Å². The maximum Gasteiger partial charge on any atom is 0.0164 e. The molecule has 1 saturated carbocycles. The van der Waals surface area contributed by atoms with E-state index in [-0.39, 0.29) is 0 Å².